The third-order valence-electron chi connectivity index (χ3n) is 5.17. The molecule has 1 saturated heterocycles. The van der Waals surface area contributed by atoms with E-state index in [2.05, 4.69) is 62.2 Å². The zero-order valence-electron chi connectivity index (χ0n) is 16.8. The van der Waals surface area contributed by atoms with Crippen LogP contribution in [0.25, 0.3) is 0 Å². The Morgan fingerprint density at radius 1 is 1.14 bits per heavy atom. The van der Waals surface area contributed by atoms with Crippen LogP contribution >= 0.6 is 27.3 Å². The number of para-hydroxylation sites is 1. The van der Waals surface area contributed by atoms with Gasteiger partial charge < -0.3 is 15.1 Å². The summed E-state index contributed by atoms with van der Waals surface area (Å²) < 4.78 is 0.903. The number of nitrogens with one attached hydrogen (secondary N) is 1. The molecule has 0 bridgehead atoms. The van der Waals surface area contributed by atoms with Crippen molar-refractivity contribution in [2.75, 3.05) is 51.2 Å². The van der Waals surface area contributed by atoms with Gasteiger partial charge >= 0.3 is 0 Å². The lowest BCUT2D eigenvalue weighted by Gasteiger charge is -2.39. The summed E-state index contributed by atoms with van der Waals surface area (Å²) in [5.74, 6) is -0.271. The molecule has 1 N–H and O–H groups in total. The Morgan fingerprint density at radius 2 is 1.83 bits per heavy atom. The average molecular weight is 479 g/mol. The summed E-state index contributed by atoms with van der Waals surface area (Å²) in [5.41, 5.74) is 1.26. The van der Waals surface area contributed by atoms with Crippen molar-refractivity contribution in [1.82, 2.24) is 15.1 Å². The molecule has 1 atom stereocenters. The molecule has 2 heterocycles. The van der Waals surface area contributed by atoms with Crippen LogP contribution in [0, 0.1) is 0 Å². The van der Waals surface area contributed by atoms with Gasteiger partial charge in [0.05, 0.1) is 15.2 Å². The summed E-state index contributed by atoms with van der Waals surface area (Å²) >= 11 is 4.73. The maximum Gasteiger partial charge on any atom is 0.264 e. The second kappa shape index (κ2) is 10.2. The summed E-state index contributed by atoms with van der Waals surface area (Å²) in [4.78, 5) is 31.5. The SMILES string of the molecule is CC(CNC(=O)CN(C)C(=O)c1ccc(Br)s1)N1CCN(c2ccccc2)CC1. The first-order chi connectivity index (χ1) is 13.9. The van der Waals surface area contributed by atoms with Crippen LogP contribution in [0.3, 0.4) is 0 Å². The van der Waals surface area contributed by atoms with Crippen LogP contribution in [0.1, 0.15) is 16.6 Å². The fraction of sp³-hybridized carbons (Fsp3) is 0.429. The minimum Gasteiger partial charge on any atom is -0.369 e. The highest BCUT2D eigenvalue weighted by atomic mass is 79.9. The Kier molecular flexibility index (Phi) is 7.69. The van der Waals surface area contributed by atoms with Crippen LogP contribution in [0.2, 0.25) is 0 Å². The molecule has 3 rings (SSSR count). The van der Waals surface area contributed by atoms with Gasteiger partial charge in [0.15, 0.2) is 0 Å². The molecule has 8 heteroatoms. The lowest BCUT2D eigenvalue weighted by molar-refractivity contribution is -0.121. The molecular formula is C21H27BrN4O2S. The van der Waals surface area contributed by atoms with Gasteiger partial charge in [-0.15, -0.1) is 11.3 Å². The van der Waals surface area contributed by atoms with Gasteiger partial charge in [0, 0.05) is 51.5 Å². The first-order valence-corrected chi connectivity index (χ1v) is 11.4. The van der Waals surface area contributed by atoms with Crippen molar-refractivity contribution < 1.29 is 9.59 Å². The van der Waals surface area contributed by atoms with Gasteiger partial charge in [-0.25, -0.2) is 0 Å². The predicted molar refractivity (Wildman–Crippen MR) is 122 cm³/mol. The maximum atomic E-state index is 12.3. The summed E-state index contributed by atoms with van der Waals surface area (Å²) in [6, 6.07) is 14.3. The normalized spacial score (nSPS) is 15.8. The fourth-order valence-corrected chi connectivity index (χ4v) is 4.79. The number of nitrogens with zero attached hydrogens (tertiary/aromatic N) is 3. The largest absolute Gasteiger partial charge is 0.369 e. The summed E-state index contributed by atoms with van der Waals surface area (Å²) in [7, 11) is 1.65. The van der Waals surface area contributed by atoms with Crippen molar-refractivity contribution in [3.8, 4) is 0 Å². The van der Waals surface area contributed by atoms with Gasteiger partial charge in [-0.3, -0.25) is 14.5 Å². The molecule has 0 aliphatic carbocycles. The number of hydrogen-bond acceptors (Lipinski definition) is 5. The number of carbonyl (C=O) groups is 2. The standard InChI is InChI=1S/C21H27BrN4O2S/c1-16(25-10-12-26(13-11-25)17-6-4-3-5-7-17)14-23-20(27)15-24(2)21(28)18-8-9-19(22)29-18/h3-9,16H,10-15H2,1-2H3,(H,23,27). The van der Waals surface area contributed by atoms with E-state index in [4.69, 9.17) is 0 Å². The predicted octanol–water partition coefficient (Wildman–Crippen LogP) is 2.91. The Morgan fingerprint density at radius 3 is 2.45 bits per heavy atom. The molecule has 0 radical (unpaired) electrons. The number of rotatable bonds is 7. The second-order valence-corrected chi connectivity index (χ2v) is 9.74. The Hall–Kier alpha value is -1.90. The molecule has 2 amide bonds. The lowest BCUT2D eigenvalue weighted by atomic mass is 10.2. The highest BCUT2D eigenvalue weighted by Crippen LogP contribution is 2.23. The minimum absolute atomic E-state index is 0.0584. The molecule has 1 aliphatic heterocycles. The third-order valence-corrected chi connectivity index (χ3v) is 6.78. The van der Waals surface area contributed by atoms with Gasteiger partial charge in [0.25, 0.3) is 5.91 Å². The zero-order chi connectivity index (χ0) is 20.8. The van der Waals surface area contributed by atoms with E-state index in [9.17, 15) is 9.59 Å². The van der Waals surface area contributed by atoms with E-state index in [1.807, 2.05) is 12.1 Å². The van der Waals surface area contributed by atoms with Gasteiger partial charge in [-0.05, 0) is 47.1 Å². The number of amides is 2. The van der Waals surface area contributed by atoms with E-state index in [0.717, 1.165) is 30.0 Å². The fourth-order valence-electron chi connectivity index (χ4n) is 3.41. The van der Waals surface area contributed by atoms with Gasteiger partial charge in [0.1, 0.15) is 0 Å². The van der Waals surface area contributed by atoms with E-state index in [0.29, 0.717) is 11.4 Å². The van der Waals surface area contributed by atoms with Crippen LogP contribution in [-0.4, -0.2) is 74.0 Å². The lowest BCUT2D eigenvalue weighted by Crippen LogP contribution is -2.53. The number of piperazine rings is 1. The molecule has 1 aromatic carbocycles. The van der Waals surface area contributed by atoms with E-state index >= 15 is 0 Å². The average Bonchev–Trinajstić information content (AvgIpc) is 3.18. The molecule has 2 aromatic rings. The van der Waals surface area contributed by atoms with E-state index < -0.39 is 0 Å². The van der Waals surface area contributed by atoms with Crippen molar-refractivity contribution in [1.29, 1.82) is 0 Å². The van der Waals surface area contributed by atoms with Crippen LogP contribution < -0.4 is 10.2 Å². The van der Waals surface area contributed by atoms with Crippen molar-refractivity contribution in [2.45, 2.75) is 13.0 Å². The van der Waals surface area contributed by atoms with Crippen molar-refractivity contribution in [2.24, 2.45) is 0 Å². The Labute approximate surface area is 184 Å². The number of halogens is 1. The van der Waals surface area contributed by atoms with E-state index in [-0.39, 0.29) is 24.4 Å². The molecule has 6 nitrogen and oxygen atoms in total. The summed E-state index contributed by atoms with van der Waals surface area (Å²) in [6.07, 6.45) is 0. The number of benzene rings is 1. The van der Waals surface area contributed by atoms with Crippen molar-refractivity contribution in [3.05, 3.63) is 51.1 Å². The van der Waals surface area contributed by atoms with Gasteiger partial charge in [-0.1, -0.05) is 18.2 Å². The van der Waals surface area contributed by atoms with Crippen molar-refractivity contribution >= 4 is 44.8 Å². The Bertz CT molecular complexity index is 821. The first-order valence-electron chi connectivity index (χ1n) is 9.75. The van der Waals surface area contributed by atoms with Gasteiger partial charge in [-0.2, -0.15) is 0 Å². The van der Waals surface area contributed by atoms with E-state index in [1.165, 1.54) is 21.9 Å². The summed E-state index contributed by atoms with van der Waals surface area (Å²) in [6.45, 7) is 6.68. The molecule has 0 spiro atoms. The molecule has 1 unspecified atom stereocenters. The third kappa shape index (κ3) is 6.04. The van der Waals surface area contributed by atoms with Crippen LogP contribution in [0.5, 0.6) is 0 Å². The number of likely N-dealkylation sites (N-methyl/N-ethyl adjacent to an activating group) is 1. The Balaban J connectivity index is 1.39. The van der Waals surface area contributed by atoms with Gasteiger partial charge in [0.2, 0.25) is 5.91 Å². The monoisotopic (exact) mass is 478 g/mol. The summed E-state index contributed by atoms with van der Waals surface area (Å²) in [5, 5.41) is 2.97. The molecule has 1 aromatic heterocycles. The van der Waals surface area contributed by atoms with Crippen LogP contribution in [0.15, 0.2) is 46.3 Å². The second-order valence-electron chi connectivity index (χ2n) is 7.28. The van der Waals surface area contributed by atoms with Crippen molar-refractivity contribution in [3.63, 3.8) is 0 Å². The molecule has 156 valence electrons. The molecule has 1 fully saturated rings. The van der Waals surface area contributed by atoms with Crippen LogP contribution in [-0.2, 0) is 4.79 Å². The quantitative estimate of drug-likeness (QED) is 0.664. The topological polar surface area (TPSA) is 55.9 Å². The smallest absolute Gasteiger partial charge is 0.264 e. The molecule has 0 saturated carbocycles. The van der Waals surface area contributed by atoms with Crippen LogP contribution in [0.4, 0.5) is 5.69 Å². The highest BCUT2D eigenvalue weighted by Gasteiger charge is 2.22. The number of carbonyl (C=O) groups excluding carboxylic acids is 2. The minimum atomic E-state index is -0.138. The number of hydrogen-bond donors (Lipinski definition) is 1. The zero-order valence-corrected chi connectivity index (χ0v) is 19.2. The molecule has 29 heavy (non-hydrogen) atoms. The molecular weight excluding hydrogens is 452 g/mol. The number of anilines is 1. The van der Waals surface area contributed by atoms with E-state index in [1.54, 1.807) is 13.1 Å². The highest BCUT2D eigenvalue weighted by molar-refractivity contribution is 9.11. The number of thiophene rings is 1. The molecule has 1 aliphatic rings. The maximum absolute atomic E-state index is 12.3. The first kappa shape index (κ1) is 21.8.